The van der Waals surface area contributed by atoms with Crippen molar-refractivity contribution in [2.75, 3.05) is 0 Å². The van der Waals surface area contributed by atoms with E-state index in [4.69, 9.17) is 0 Å². The number of urea groups is 1. The predicted octanol–water partition coefficient (Wildman–Crippen LogP) is 1.89. The molecule has 5 heteroatoms. The number of rotatable bonds is 4. The molecule has 0 radical (unpaired) electrons. The van der Waals surface area contributed by atoms with E-state index in [1.54, 1.807) is 10.9 Å². The van der Waals surface area contributed by atoms with Gasteiger partial charge in [-0.1, -0.05) is 6.92 Å². The molecule has 0 unspecified atom stereocenters. The molecule has 0 aliphatic heterocycles. The Labute approximate surface area is 103 Å². The van der Waals surface area contributed by atoms with Crippen molar-refractivity contribution < 1.29 is 4.79 Å². The van der Waals surface area contributed by atoms with Gasteiger partial charge in [-0.3, -0.25) is 4.68 Å². The summed E-state index contributed by atoms with van der Waals surface area (Å²) >= 11 is 0. The van der Waals surface area contributed by atoms with E-state index in [1.807, 2.05) is 34.7 Å². The van der Waals surface area contributed by atoms with Gasteiger partial charge in [0.25, 0.3) is 0 Å². The van der Waals surface area contributed by atoms with Gasteiger partial charge in [-0.05, 0) is 27.2 Å². The highest BCUT2D eigenvalue weighted by atomic mass is 16.2. The van der Waals surface area contributed by atoms with Crippen LogP contribution in [0.3, 0.4) is 0 Å². The topological polar surface area (TPSA) is 59.0 Å². The summed E-state index contributed by atoms with van der Waals surface area (Å²) in [5, 5.41) is 9.96. The van der Waals surface area contributed by atoms with Crippen LogP contribution in [0.25, 0.3) is 0 Å². The first-order chi connectivity index (χ1) is 7.95. The zero-order chi connectivity index (χ0) is 13.0. The largest absolute Gasteiger partial charge is 0.336 e. The Kier molecular flexibility index (Phi) is 4.54. The molecule has 0 bridgehead atoms. The van der Waals surface area contributed by atoms with Crippen LogP contribution in [0, 0.1) is 6.92 Å². The van der Waals surface area contributed by atoms with Crippen LogP contribution in [0.2, 0.25) is 0 Å². The molecule has 0 aromatic carbocycles. The van der Waals surface area contributed by atoms with Gasteiger partial charge in [0.1, 0.15) is 0 Å². The third kappa shape index (κ3) is 3.47. The van der Waals surface area contributed by atoms with E-state index in [9.17, 15) is 4.79 Å². The molecule has 0 aliphatic carbocycles. The molecule has 1 rings (SSSR count). The van der Waals surface area contributed by atoms with Crippen molar-refractivity contribution in [3.63, 3.8) is 0 Å². The first-order valence-electron chi connectivity index (χ1n) is 6.01. The number of amides is 2. The fourth-order valence-electron chi connectivity index (χ4n) is 1.58. The number of hydrogen-bond donors (Lipinski definition) is 2. The van der Waals surface area contributed by atoms with E-state index in [0.29, 0.717) is 0 Å². The van der Waals surface area contributed by atoms with E-state index in [0.717, 1.165) is 17.7 Å². The standard InChI is InChI=1S/C12H22N4O/c1-6-8(2)14-12(17)15-9(3)11-7-13-16(5)10(11)4/h7-9H,6H2,1-5H3,(H2,14,15,17)/t8-,9-/m1/s1. The summed E-state index contributed by atoms with van der Waals surface area (Å²) in [7, 11) is 1.89. The quantitative estimate of drug-likeness (QED) is 0.841. The van der Waals surface area contributed by atoms with Crippen molar-refractivity contribution in [3.05, 3.63) is 17.5 Å². The highest BCUT2D eigenvalue weighted by molar-refractivity contribution is 5.74. The van der Waals surface area contributed by atoms with E-state index in [1.165, 1.54) is 0 Å². The van der Waals surface area contributed by atoms with Crippen LogP contribution in [0.1, 0.15) is 44.5 Å². The summed E-state index contributed by atoms with van der Waals surface area (Å²) in [5.41, 5.74) is 2.12. The van der Waals surface area contributed by atoms with Crippen molar-refractivity contribution in [2.24, 2.45) is 7.05 Å². The fraction of sp³-hybridized carbons (Fsp3) is 0.667. The van der Waals surface area contributed by atoms with Gasteiger partial charge in [-0.15, -0.1) is 0 Å². The average Bonchev–Trinajstić information content (AvgIpc) is 2.59. The third-order valence-electron chi connectivity index (χ3n) is 3.08. The molecule has 1 aromatic rings. The van der Waals surface area contributed by atoms with Gasteiger partial charge < -0.3 is 10.6 Å². The van der Waals surface area contributed by atoms with E-state index >= 15 is 0 Å². The summed E-state index contributed by atoms with van der Waals surface area (Å²) in [5.74, 6) is 0. The number of nitrogens with one attached hydrogen (secondary N) is 2. The molecule has 0 fully saturated rings. The molecular weight excluding hydrogens is 216 g/mol. The maximum atomic E-state index is 11.7. The molecule has 96 valence electrons. The smallest absolute Gasteiger partial charge is 0.315 e. The Morgan fingerprint density at radius 3 is 2.59 bits per heavy atom. The Bertz CT molecular complexity index is 386. The summed E-state index contributed by atoms with van der Waals surface area (Å²) in [6, 6.07) is 0.0278. The summed E-state index contributed by atoms with van der Waals surface area (Å²) < 4.78 is 1.81. The molecular formula is C12H22N4O. The Balaban J connectivity index is 2.57. The van der Waals surface area contributed by atoms with Crippen molar-refractivity contribution in [1.82, 2.24) is 20.4 Å². The minimum Gasteiger partial charge on any atom is -0.336 e. The molecule has 0 saturated carbocycles. The molecule has 2 atom stereocenters. The van der Waals surface area contributed by atoms with E-state index < -0.39 is 0 Å². The van der Waals surface area contributed by atoms with Gasteiger partial charge in [0, 0.05) is 24.3 Å². The van der Waals surface area contributed by atoms with Crippen LogP contribution in [-0.2, 0) is 7.05 Å². The van der Waals surface area contributed by atoms with E-state index in [2.05, 4.69) is 15.7 Å². The van der Waals surface area contributed by atoms with Gasteiger partial charge in [0.15, 0.2) is 0 Å². The second kappa shape index (κ2) is 5.70. The molecule has 2 amide bonds. The first-order valence-corrected chi connectivity index (χ1v) is 6.01. The lowest BCUT2D eigenvalue weighted by Gasteiger charge is -2.17. The van der Waals surface area contributed by atoms with Gasteiger partial charge >= 0.3 is 6.03 Å². The first kappa shape index (κ1) is 13.5. The maximum Gasteiger partial charge on any atom is 0.315 e. The van der Waals surface area contributed by atoms with Crippen LogP contribution in [0.5, 0.6) is 0 Å². The molecule has 0 aliphatic rings. The van der Waals surface area contributed by atoms with Crippen LogP contribution < -0.4 is 10.6 Å². The minimum atomic E-state index is -0.130. The summed E-state index contributed by atoms with van der Waals surface area (Å²) in [4.78, 5) is 11.7. The average molecular weight is 238 g/mol. The Hall–Kier alpha value is -1.52. The molecule has 1 heterocycles. The Morgan fingerprint density at radius 1 is 1.47 bits per heavy atom. The summed E-state index contributed by atoms with van der Waals surface area (Å²) in [6.07, 6.45) is 2.72. The van der Waals surface area contributed by atoms with Gasteiger partial charge in [0.2, 0.25) is 0 Å². The molecule has 0 spiro atoms. The van der Waals surface area contributed by atoms with Crippen molar-refractivity contribution in [2.45, 2.75) is 46.2 Å². The van der Waals surface area contributed by atoms with Crippen LogP contribution in [0.15, 0.2) is 6.20 Å². The van der Waals surface area contributed by atoms with Gasteiger partial charge in [0.05, 0.1) is 12.2 Å². The number of carbonyl (C=O) groups excluding carboxylic acids is 1. The minimum absolute atomic E-state index is 0.0345. The number of hydrogen-bond acceptors (Lipinski definition) is 2. The molecule has 2 N–H and O–H groups in total. The normalized spacial score (nSPS) is 14.2. The molecule has 5 nitrogen and oxygen atoms in total. The highest BCUT2D eigenvalue weighted by Gasteiger charge is 2.14. The Morgan fingerprint density at radius 2 is 2.12 bits per heavy atom. The number of nitrogens with zero attached hydrogens (tertiary/aromatic N) is 2. The van der Waals surface area contributed by atoms with Crippen molar-refractivity contribution >= 4 is 6.03 Å². The lowest BCUT2D eigenvalue weighted by molar-refractivity contribution is 0.234. The van der Waals surface area contributed by atoms with E-state index in [-0.39, 0.29) is 18.1 Å². The number of carbonyl (C=O) groups is 1. The van der Waals surface area contributed by atoms with Gasteiger partial charge in [-0.2, -0.15) is 5.10 Å². The number of aromatic nitrogens is 2. The monoisotopic (exact) mass is 238 g/mol. The molecule has 1 aromatic heterocycles. The number of aryl methyl sites for hydroxylation is 1. The zero-order valence-electron chi connectivity index (χ0n) is 11.2. The lowest BCUT2D eigenvalue weighted by Crippen LogP contribution is -2.41. The lowest BCUT2D eigenvalue weighted by atomic mass is 10.1. The van der Waals surface area contributed by atoms with Crippen molar-refractivity contribution in [3.8, 4) is 0 Å². The molecule has 0 saturated heterocycles. The summed E-state index contributed by atoms with van der Waals surface area (Å²) in [6.45, 7) is 7.98. The molecule has 17 heavy (non-hydrogen) atoms. The van der Waals surface area contributed by atoms with Crippen LogP contribution in [-0.4, -0.2) is 21.9 Å². The maximum absolute atomic E-state index is 11.7. The fourth-order valence-corrected chi connectivity index (χ4v) is 1.58. The highest BCUT2D eigenvalue weighted by Crippen LogP contribution is 2.15. The third-order valence-corrected chi connectivity index (χ3v) is 3.08. The van der Waals surface area contributed by atoms with Crippen LogP contribution in [0.4, 0.5) is 4.79 Å². The van der Waals surface area contributed by atoms with Crippen molar-refractivity contribution in [1.29, 1.82) is 0 Å². The second-order valence-corrected chi connectivity index (χ2v) is 4.46. The van der Waals surface area contributed by atoms with Gasteiger partial charge in [-0.25, -0.2) is 4.79 Å². The zero-order valence-corrected chi connectivity index (χ0v) is 11.2. The predicted molar refractivity (Wildman–Crippen MR) is 67.8 cm³/mol. The van der Waals surface area contributed by atoms with Crippen LogP contribution >= 0.6 is 0 Å². The SMILES string of the molecule is CC[C@@H](C)NC(=O)N[C@H](C)c1cnn(C)c1C. The second-order valence-electron chi connectivity index (χ2n) is 4.46.